The summed E-state index contributed by atoms with van der Waals surface area (Å²) in [6, 6.07) is 0. The zero-order valence-corrected chi connectivity index (χ0v) is 12.9. The molecule has 0 aliphatic carbocycles. The van der Waals surface area contributed by atoms with Gasteiger partial charge in [-0.2, -0.15) is 4.98 Å². The standard InChI is InChI=1S/C13H17N5O2S/c1-3-10-14-12(20-16-10)9-5-4-6-18(7-9)13(19)11-8(2)15-17-21-11/h9H,3-7H2,1-2H3. The van der Waals surface area contributed by atoms with Gasteiger partial charge in [0.2, 0.25) is 5.89 Å². The van der Waals surface area contributed by atoms with Crippen molar-refractivity contribution in [1.29, 1.82) is 0 Å². The molecule has 0 spiro atoms. The molecule has 3 rings (SSSR count). The van der Waals surface area contributed by atoms with Crippen LogP contribution in [0.3, 0.4) is 0 Å². The molecule has 1 fully saturated rings. The fourth-order valence-electron chi connectivity index (χ4n) is 2.51. The van der Waals surface area contributed by atoms with Crippen molar-refractivity contribution in [3.8, 4) is 0 Å². The molecule has 0 saturated carbocycles. The summed E-state index contributed by atoms with van der Waals surface area (Å²) in [5.41, 5.74) is 0.693. The second-order valence-electron chi connectivity index (χ2n) is 5.18. The Morgan fingerprint density at radius 1 is 1.52 bits per heavy atom. The zero-order valence-electron chi connectivity index (χ0n) is 12.1. The topological polar surface area (TPSA) is 85.0 Å². The molecule has 0 radical (unpaired) electrons. The molecular formula is C13H17N5O2S. The Balaban J connectivity index is 1.74. The highest BCUT2D eigenvalue weighted by atomic mass is 32.1. The SMILES string of the molecule is CCc1noc(C2CCCN(C(=O)c3snnc3C)C2)n1. The third-order valence-corrected chi connectivity index (χ3v) is 4.52. The number of aryl methyl sites for hydroxylation is 2. The second-order valence-corrected chi connectivity index (χ2v) is 5.93. The molecule has 112 valence electrons. The van der Waals surface area contributed by atoms with Gasteiger partial charge in [-0.15, -0.1) is 5.10 Å². The quantitative estimate of drug-likeness (QED) is 0.859. The lowest BCUT2D eigenvalue weighted by atomic mass is 9.98. The number of carbonyl (C=O) groups excluding carboxylic acids is 1. The van der Waals surface area contributed by atoms with Crippen LogP contribution in [0.5, 0.6) is 0 Å². The van der Waals surface area contributed by atoms with Crippen LogP contribution in [0.1, 0.15) is 52.8 Å². The number of hydrogen-bond acceptors (Lipinski definition) is 7. The molecule has 0 bridgehead atoms. The Bertz CT molecular complexity index is 638. The molecular weight excluding hydrogens is 290 g/mol. The van der Waals surface area contributed by atoms with E-state index in [0.717, 1.165) is 43.2 Å². The van der Waals surface area contributed by atoms with E-state index in [4.69, 9.17) is 4.52 Å². The van der Waals surface area contributed by atoms with Crippen LogP contribution < -0.4 is 0 Å². The van der Waals surface area contributed by atoms with Gasteiger partial charge in [0.1, 0.15) is 4.88 Å². The molecule has 1 unspecified atom stereocenters. The van der Waals surface area contributed by atoms with Crippen molar-refractivity contribution in [3.63, 3.8) is 0 Å². The first-order valence-electron chi connectivity index (χ1n) is 7.09. The Morgan fingerprint density at radius 2 is 2.38 bits per heavy atom. The Morgan fingerprint density at radius 3 is 3.05 bits per heavy atom. The van der Waals surface area contributed by atoms with E-state index in [9.17, 15) is 4.79 Å². The summed E-state index contributed by atoms with van der Waals surface area (Å²) in [4.78, 5) is 19.4. The van der Waals surface area contributed by atoms with E-state index in [-0.39, 0.29) is 11.8 Å². The first-order valence-corrected chi connectivity index (χ1v) is 7.87. The lowest BCUT2D eigenvalue weighted by Crippen LogP contribution is -2.39. The van der Waals surface area contributed by atoms with Crippen molar-refractivity contribution in [2.24, 2.45) is 0 Å². The summed E-state index contributed by atoms with van der Waals surface area (Å²) in [5.74, 6) is 1.48. The number of rotatable bonds is 3. The van der Waals surface area contributed by atoms with Crippen LogP contribution in [0.2, 0.25) is 0 Å². The van der Waals surface area contributed by atoms with Crippen molar-refractivity contribution >= 4 is 17.4 Å². The summed E-state index contributed by atoms with van der Waals surface area (Å²) < 4.78 is 9.15. The average molecular weight is 307 g/mol. The second kappa shape index (κ2) is 5.88. The predicted octanol–water partition coefficient (Wildman–Crippen LogP) is 1.81. The maximum absolute atomic E-state index is 12.5. The van der Waals surface area contributed by atoms with Crippen molar-refractivity contribution in [2.75, 3.05) is 13.1 Å². The van der Waals surface area contributed by atoms with Crippen LogP contribution in [0.4, 0.5) is 0 Å². The van der Waals surface area contributed by atoms with Crippen LogP contribution >= 0.6 is 11.5 Å². The average Bonchev–Trinajstić information content (AvgIpc) is 3.15. The van der Waals surface area contributed by atoms with E-state index >= 15 is 0 Å². The van der Waals surface area contributed by atoms with Crippen LogP contribution in [-0.2, 0) is 6.42 Å². The molecule has 1 aliphatic heterocycles. The highest BCUT2D eigenvalue weighted by molar-refractivity contribution is 7.07. The van der Waals surface area contributed by atoms with Gasteiger partial charge in [0.25, 0.3) is 5.91 Å². The largest absolute Gasteiger partial charge is 0.339 e. The number of carbonyl (C=O) groups is 1. The van der Waals surface area contributed by atoms with Gasteiger partial charge in [-0.25, -0.2) is 0 Å². The smallest absolute Gasteiger partial charge is 0.267 e. The zero-order chi connectivity index (χ0) is 14.8. The Hall–Kier alpha value is -1.83. The summed E-state index contributed by atoms with van der Waals surface area (Å²) in [6.07, 6.45) is 2.66. The van der Waals surface area contributed by atoms with Gasteiger partial charge in [0.05, 0.1) is 11.6 Å². The van der Waals surface area contributed by atoms with E-state index in [0.29, 0.717) is 23.0 Å². The van der Waals surface area contributed by atoms with Crippen molar-refractivity contribution in [2.45, 2.75) is 39.0 Å². The highest BCUT2D eigenvalue weighted by Gasteiger charge is 2.30. The molecule has 0 N–H and O–H groups in total. The van der Waals surface area contributed by atoms with E-state index < -0.39 is 0 Å². The monoisotopic (exact) mass is 307 g/mol. The lowest BCUT2D eigenvalue weighted by Gasteiger charge is -2.30. The number of piperidine rings is 1. The van der Waals surface area contributed by atoms with Gasteiger partial charge in [-0.1, -0.05) is 16.6 Å². The molecule has 3 heterocycles. The van der Waals surface area contributed by atoms with Crippen molar-refractivity contribution < 1.29 is 9.32 Å². The van der Waals surface area contributed by atoms with E-state index in [1.807, 2.05) is 18.7 Å². The highest BCUT2D eigenvalue weighted by Crippen LogP contribution is 2.27. The minimum Gasteiger partial charge on any atom is -0.339 e. The van der Waals surface area contributed by atoms with Gasteiger partial charge < -0.3 is 9.42 Å². The molecule has 1 aliphatic rings. The number of nitrogens with zero attached hydrogens (tertiary/aromatic N) is 5. The maximum atomic E-state index is 12.5. The minimum atomic E-state index is 0.00225. The lowest BCUT2D eigenvalue weighted by molar-refractivity contribution is 0.0699. The summed E-state index contributed by atoms with van der Waals surface area (Å²) in [6.45, 7) is 5.16. The molecule has 21 heavy (non-hydrogen) atoms. The molecule has 0 aromatic carbocycles. The van der Waals surface area contributed by atoms with Gasteiger partial charge in [-0.3, -0.25) is 4.79 Å². The number of hydrogen-bond donors (Lipinski definition) is 0. The molecule has 2 aromatic rings. The summed E-state index contributed by atoms with van der Waals surface area (Å²) >= 11 is 1.15. The summed E-state index contributed by atoms with van der Waals surface area (Å²) in [7, 11) is 0. The first-order chi connectivity index (χ1) is 10.2. The molecule has 1 atom stereocenters. The third kappa shape index (κ3) is 2.80. The van der Waals surface area contributed by atoms with E-state index in [1.165, 1.54) is 0 Å². The van der Waals surface area contributed by atoms with Gasteiger partial charge in [0.15, 0.2) is 5.82 Å². The van der Waals surface area contributed by atoms with E-state index in [1.54, 1.807) is 0 Å². The maximum Gasteiger partial charge on any atom is 0.267 e. The van der Waals surface area contributed by atoms with Crippen molar-refractivity contribution in [1.82, 2.24) is 24.6 Å². The fourth-order valence-corrected chi connectivity index (χ4v) is 3.14. The number of likely N-dealkylation sites (tertiary alicyclic amines) is 1. The molecule has 2 aromatic heterocycles. The predicted molar refractivity (Wildman–Crippen MR) is 76.2 cm³/mol. The molecule has 8 heteroatoms. The molecule has 1 amide bonds. The van der Waals surface area contributed by atoms with Gasteiger partial charge >= 0.3 is 0 Å². The number of aromatic nitrogens is 4. The molecule has 7 nitrogen and oxygen atoms in total. The van der Waals surface area contributed by atoms with Gasteiger partial charge in [-0.05, 0) is 31.3 Å². The van der Waals surface area contributed by atoms with Crippen LogP contribution in [0.15, 0.2) is 4.52 Å². The van der Waals surface area contributed by atoms with Crippen molar-refractivity contribution in [3.05, 3.63) is 22.3 Å². The van der Waals surface area contributed by atoms with Gasteiger partial charge in [0, 0.05) is 19.5 Å². The summed E-state index contributed by atoms with van der Waals surface area (Å²) in [5, 5.41) is 7.84. The fraction of sp³-hybridized carbons (Fsp3) is 0.615. The normalized spacial score (nSPS) is 19.0. The van der Waals surface area contributed by atoms with Crippen LogP contribution in [-0.4, -0.2) is 43.6 Å². The minimum absolute atomic E-state index is 0.00225. The van der Waals surface area contributed by atoms with E-state index in [2.05, 4.69) is 19.7 Å². The van der Waals surface area contributed by atoms with Crippen LogP contribution in [0.25, 0.3) is 0 Å². The third-order valence-electron chi connectivity index (χ3n) is 3.70. The first kappa shape index (κ1) is 14.1. The number of amides is 1. The molecule has 1 saturated heterocycles. The Labute approximate surface area is 126 Å². The Kier molecular flexibility index (Phi) is 3.96. The van der Waals surface area contributed by atoms with Crippen LogP contribution in [0, 0.1) is 6.92 Å².